The summed E-state index contributed by atoms with van der Waals surface area (Å²) >= 11 is 7.55. The summed E-state index contributed by atoms with van der Waals surface area (Å²) in [6, 6.07) is 23.0. The maximum Gasteiger partial charge on any atom is 0.238 e. The van der Waals surface area contributed by atoms with Gasteiger partial charge in [0.1, 0.15) is 11.5 Å². The summed E-state index contributed by atoms with van der Waals surface area (Å²) in [7, 11) is 0. The number of benzene rings is 3. The predicted octanol–water partition coefficient (Wildman–Crippen LogP) is 6.26. The highest BCUT2D eigenvalue weighted by Crippen LogP contribution is 2.44. The largest absolute Gasteiger partial charge is 0.457 e. The van der Waals surface area contributed by atoms with Gasteiger partial charge in [0.2, 0.25) is 5.91 Å². The monoisotopic (exact) mass is 432 g/mol. The van der Waals surface area contributed by atoms with Gasteiger partial charge in [0, 0.05) is 33.6 Å². The fourth-order valence-electron chi connectivity index (χ4n) is 3.67. The number of fused-ring (bicyclic) bond motifs is 2. The molecule has 6 heteroatoms. The Balaban J connectivity index is 1.39. The van der Waals surface area contributed by atoms with Crippen LogP contribution in [-0.4, -0.2) is 10.9 Å². The summed E-state index contributed by atoms with van der Waals surface area (Å²) in [4.78, 5) is 18.7. The zero-order valence-electron chi connectivity index (χ0n) is 15.8. The maximum absolute atomic E-state index is 13.3. The first-order valence-corrected chi connectivity index (χ1v) is 10.7. The molecule has 4 nitrogen and oxygen atoms in total. The lowest BCUT2D eigenvalue weighted by atomic mass is 9.87. The average molecular weight is 433 g/mol. The number of hydrogen-bond acceptors (Lipinski definition) is 4. The second-order valence-corrected chi connectivity index (χ2v) is 8.59. The number of aromatic nitrogens is 1. The van der Waals surface area contributed by atoms with E-state index in [-0.39, 0.29) is 5.91 Å². The number of hydrogen-bond donors (Lipinski definition) is 1. The standard InChI is InChI=1S/C24H17ClN2O2S/c25-16-7-5-6-15(12-16)13-17-14-26-24(30-17)27-23(28)22-18-8-1-3-10-20(18)29-21-11-4-2-9-19(21)22/h1-12,14,22H,13H2,(H,26,27,28). The van der Waals surface area contributed by atoms with Gasteiger partial charge in [0.15, 0.2) is 5.13 Å². The van der Waals surface area contributed by atoms with Crippen LogP contribution in [0.2, 0.25) is 5.02 Å². The van der Waals surface area contributed by atoms with Crippen LogP contribution in [0.3, 0.4) is 0 Å². The third-order valence-electron chi connectivity index (χ3n) is 4.99. The van der Waals surface area contributed by atoms with Gasteiger partial charge in [-0.25, -0.2) is 4.98 Å². The van der Waals surface area contributed by atoms with Crippen molar-refractivity contribution in [1.82, 2.24) is 4.98 Å². The molecule has 5 rings (SSSR count). The second-order valence-electron chi connectivity index (χ2n) is 7.04. The van der Waals surface area contributed by atoms with Crippen LogP contribution in [0.1, 0.15) is 27.5 Å². The lowest BCUT2D eigenvalue weighted by Crippen LogP contribution is -2.24. The Kier molecular flexibility index (Phi) is 4.99. The number of amides is 1. The fraction of sp³-hybridized carbons (Fsp3) is 0.0833. The van der Waals surface area contributed by atoms with E-state index < -0.39 is 5.92 Å². The van der Waals surface area contributed by atoms with Gasteiger partial charge in [-0.05, 0) is 29.8 Å². The zero-order chi connectivity index (χ0) is 20.5. The molecule has 0 fully saturated rings. The summed E-state index contributed by atoms with van der Waals surface area (Å²) in [6.07, 6.45) is 2.52. The molecule has 30 heavy (non-hydrogen) atoms. The summed E-state index contributed by atoms with van der Waals surface area (Å²) in [6.45, 7) is 0. The van der Waals surface area contributed by atoms with Gasteiger partial charge in [-0.2, -0.15) is 0 Å². The van der Waals surface area contributed by atoms with Gasteiger partial charge in [-0.1, -0.05) is 60.1 Å². The fourth-order valence-corrected chi connectivity index (χ4v) is 4.73. The van der Waals surface area contributed by atoms with Crippen LogP contribution in [0.4, 0.5) is 5.13 Å². The van der Waals surface area contributed by atoms with E-state index in [1.165, 1.54) is 11.3 Å². The van der Waals surface area contributed by atoms with E-state index in [0.717, 1.165) is 28.0 Å². The minimum atomic E-state index is -0.452. The molecule has 1 aliphatic heterocycles. The van der Waals surface area contributed by atoms with E-state index in [9.17, 15) is 4.79 Å². The molecule has 0 radical (unpaired) electrons. The Morgan fingerprint density at radius 1 is 1.00 bits per heavy atom. The van der Waals surface area contributed by atoms with E-state index in [0.29, 0.717) is 21.7 Å². The highest BCUT2D eigenvalue weighted by Gasteiger charge is 2.32. The average Bonchev–Trinajstić information content (AvgIpc) is 3.18. The summed E-state index contributed by atoms with van der Waals surface area (Å²) < 4.78 is 5.98. The number of carbonyl (C=O) groups is 1. The Labute approximate surface area is 183 Å². The normalized spacial score (nSPS) is 12.6. The number of nitrogens with one attached hydrogen (secondary N) is 1. The van der Waals surface area contributed by atoms with Crippen molar-refractivity contribution in [3.8, 4) is 11.5 Å². The Morgan fingerprint density at radius 2 is 1.70 bits per heavy atom. The highest BCUT2D eigenvalue weighted by atomic mass is 35.5. The Hall–Kier alpha value is -3.15. The van der Waals surface area contributed by atoms with E-state index in [1.807, 2.05) is 72.8 Å². The van der Waals surface area contributed by atoms with E-state index in [1.54, 1.807) is 6.20 Å². The van der Waals surface area contributed by atoms with Crippen molar-refractivity contribution in [2.24, 2.45) is 0 Å². The van der Waals surface area contributed by atoms with Crippen LogP contribution in [0.25, 0.3) is 0 Å². The van der Waals surface area contributed by atoms with Crippen LogP contribution in [0.15, 0.2) is 79.0 Å². The van der Waals surface area contributed by atoms with Gasteiger partial charge in [0.05, 0.1) is 5.92 Å². The van der Waals surface area contributed by atoms with Gasteiger partial charge in [0.25, 0.3) is 0 Å². The van der Waals surface area contributed by atoms with Crippen molar-refractivity contribution >= 4 is 34.0 Å². The number of ether oxygens (including phenoxy) is 1. The lowest BCUT2D eigenvalue weighted by molar-refractivity contribution is -0.116. The molecule has 4 aromatic rings. The number of thiazole rings is 1. The molecule has 148 valence electrons. The van der Waals surface area contributed by atoms with Crippen molar-refractivity contribution in [3.05, 3.63) is 106 Å². The second kappa shape index (κ2) is 7.94. The minimum Gasteiger partial charge on any atom is -0.457 e. The Morgan fingerprint density at radius 3 is 2.40 bits per heavy atom. The summed E-state index contributed by atoms with van der Waals surface area (Å²) in [5.74, 6) is 0.836. The summed E-state index contributed by atoms with van der Waals surface area (Å²) in [5, 5.41) is 4.29. The number of nitrogens with zero attached hydrogens (tertiary/aromatic N) is 1. The van der Waals surface area contributed by atoms with Gasteiger partial charge < -0.3 is 10.1 Å². The number of halogens is 1. The molecular weight excluding hydrogens is 416 g/mol. The quantitative estimate of drug-likeness (QED) is 0.414. The predicted molar refractivity (Wildman–Crippen MR) is 120 cm³/mol. The van der Waals surface area contributed by atoms with Gasteiger partial charge in [-0.15, -0.1) is 11.3 Å². The Bertz CT molecular complexity index is 1190. The van der Waals surface area contributed by atoms with Crippen molar-refractivity contribution in [2.75, 3.05) is 5.32 Å². The SMILES string of the molecule is O=C(Nc1ncc(Cc2cccc(Cl)c2)s1)C1c2ccccc2Oc2ccccc21. The van der Waals surface area contributed by atoms with E-state index in [2.05, 4.69) is 10.3 Å². The van der Waals surface area contributed by atoms with E-state index >= 15 is 0 Å². The molecule has 0 saturated heterocycles. The molecule has 1 amide bonds. The zero-order valence-corrected chi connectivity index (χ0v) is 17.4. The van der Waals surface area contributed by atoms with Gasteiger partial charge in [-0.3, -0.25) is 4.79 Å². The number of anilines is 1. The van der Waals surface area contributed by atoms with Crippen molar-refractivity contribution in [2.45, 2.75) is 12.3 Å². The molecule has 1 N–H and O–H groups in total. The lowest BCUT2D eigenvalue weighted by Gasteiger charge is -2.27. The van der Waals surface area contributed by atoms with Crippen LogP contribution in [0.5, 0.6) is 11.5 Å². The summed E-state index contributed by atoms with van der Waals surface area (Å²) in [5.41, 5.74) is 2.81. The number of carbonyl (C=O) groups excluding carboxylic acids is 1. The third-order valence-corrected chi connectivity index (χ3v) is 6.14. The highest BCUT2D eigenvalue weighted by molar-refractivity contribution is 7.15. The molecule has 0 atom stereocenters. The first-order chi connectivity index (χ1) is 14.7. The topological polar surface area (TPSA) is 51.2 Å². The third kappa shape index (κ3) is 3.70. The molecule has 0 spiro atoms. The van der Waals surface area contributed by atoms with Crippen molar-refractivity contribution < 1.29 is 9.53 Å². The van der Waals surface area contributed by atoms with Gasteiger partial charge >= 0.3 is 0 Å². The molecule has 1 aromatic heterocycles. The minimum absolute atomic E-state index is 0.123. The molecule has 0 saturated carbocycles. The molecule has 0 bridgehead atoms. The molecular formula is C24H17ClN2O2S. The van der Waals surface area contributed by atoms with Crippen LogP contribution < -0.4 is 10.1 Å². The van der Waals surface area contributed by atoms with Crippen LogP contribution in [0, 0.1) is 0 Å². The van der Waals surface area contributed by atoms with Crippen molar-refractivity contribution in [1.29, 1.82) is 0 Å². The molecule has 0 unspecified atom stereocenters. The number of para-hydroxylation sites is 2. The molecule has 1 aliphatic rings. The van der Waals surface area contributed by atoms with Crippen LogP contribution in [-0.2, 0) is 11.2 Å². The first-order valence-electron chi connectivity index (χ1n) is 9.53. The van der Waals surface area contributed by atoms with Crippen LogP contribution >= 0.6 is 22.9 Å². The first kappa shape index (κ1) is 18.9. The molecule has 2 heterocycles. The van der Waals surface area contributed by atoms with Crippen molar-refractivity contribution in [3.63, 3.8) is 0 Å². The maximum atomic E-state index is 13.3. The van der Waals surface area contributed by atoms with E-state index in [4.69, 9.17) is 16.3 Å². The smallest absolute Gasteiger partial charge is 0.238 e. The number of rotatable bonds is 4. The molecule has 3 aromatic carbocycles. The molecule has 0 aliphatic carbocycles.